The van der Waals surface area contributed by atoms with Gasteiger partial charge in [0.1, 0.15) is 5.92 Å². The summed E-state index contributed by atoms with van der Waals surface area (Å²) in [5.74, 6) is -1.61. The van der Waals surface area contributed by atoms with Crippen molar-refractivity contribution in [1.29, 1.82) is 0 Å². The molecule has 0 bridgehead atoms. The zero-order valence-corrected chi connectivity index (χ0v) is 17.9. The quantitative estimate of drug-likeness (QED) is 0.285. The Morgan fingerprint density at radius 1 is 1.37 bits per heavy atom. The van der Waals surface area contributed by atoms with Crippen LogP contribution in [0.5, 0.6) is 0 Å². The molecule has 0 saturated carbocycles. The average molecular weight is 416 g/mol. The minimum atomic E-state index is -0.685. The summed E-state index contributed by atoms with van der Waals surface area (Å²) >= 11 is 0. The summed E-state index contributed by atoms with van der Waals surface area (Å²) in [6.07, 6.45) is 3.41. The van der Waals surface area contributed by atoms with Gasteiger partial charge in [-0.3, -0.25) is 30.2 Å². The molecule has 0 saturated heterocycles. The maximum atomic E-state index is 12.6. The number of likely N-dealkylation sites (N-methyl/N-ethyl adjacent to an activating group) is 1. The van der Waals surface area contributed by atoms with Gasteiger partial charge in [-0.1, -0.05) is 12.1 Å². The number of rotatable bonds is 9. The highest BCUT2D eigenvalue weighted by Crippen LogP contribution is 2.40. The van der Waals surface area contributed by atoms with Crippen LogP contribution in [0.15, 0.2) is 52.8 Å². The molecule has 1 aliphatic heterocycles. The first-order chi connectivity index (χ1) is 14.3. The molecule has 2 atom stereocenters. The van der Waals surface area contributed by atoms with Crippen molar-refractivity contribution in [2.75, 3.05) is 34.4 Å². The fourth-order valence-corrected chi connectivity index (χ4v) is 3.37. The number of nitrogens with zero attached hydrogens (tertiary/aromatic N) is 3. The molecule has 9 heteroatoms. The van der Waals surface area contributed by atoms with E-state index < -0.39 is 22.7 Å². The fraction of sp³-hybridized carbons (Fsp3) is 0.429. The number of carbonyl (C=O) groups is 1. The number of hydrogen-bond acceptors (Lipinski definition) is 8. The zero-order chi connectivity index (χ0) is 22.3. The second-order valence-electron chi connectivity index (χ2n) is 7.23. The molecule has 2 unspecified atom stereocenters. The molecule has 2 rings (SSSR count). The lowest BCUT2D eigenvalue weighted by Crippen LogP contribution is -2.33. The van der Waals surface area contributed by atoms with E-state index in [0.717, 1.165) is 17.8 Å². The van der Waals surface area contributed by atoms with E-state index in [1.54, 1.807) is 31.3 Å². The highest BCUT2D eigenvalue weighted by atomic mass is 16.6. The van der Waals surface area contributed by atoms with Crippen molar-refractivity contribution in [3.8, 4) is 0 Å². The summed E-state index contributed by atoms with van der Waals surface area (Å²) < 4.78 is 5.01. The van der Waals surface area contributed by atoms with E-state index in [9.17, 15) is 14.9 Å². The maximum Gasteiger partial charge on any atom is 0.315 e. The number of benzene rings is 1. The molecular formula is C21H28N4O5. The number of nitrogens with one attached hydrogen (secondary N) is 1. The fourth-order valence-electron chi connectivity index (χ4n) is 3.37. The molecule has 0 radical (unpaired) electrons. The van der Waals surface area contributed by atoms with Gasteiger partial charge < -0.3 is 9.64 Å². The number of hydrogen-bond donors (Lipinski definition) is 1. The molecule has 0 aromatic heterocycles. The van der Waals surface area contributed by atoms with Gasteiger partial charge in [-0.2, -0.15) is 0 Å². The Morgan fingerprint density at radius 3 is 2.73 bits per heavy atom. The SMILES string of the molecule is COC(=O)C1C(C)=NC(C)=C(C=CNOCCN(C)C)C1c1cccc([N+](=O)[O-])c1. The molecule has 9 nitrogen and oxygen atoms in total. The highest BCUT2D eigenvalue weighted by Gasteiger charge is 2.38. The van der Waals surface area contributed by atoms with Gasteiger partial charge in [0.05, 0.1) is 18.6 Å². The molecule has 1 aromatic carbocycles. The molecule has 1 aliphatic rings. The van der Waals surface area contributed by atoms with Crippen molar-refractivity contribution in [3.63, 3.8) is 0 Å². The molecule has 1 heterocycles. The van der Waals surface area contributed by atoms with Gasteiger partial charge in [0.2, 0.25) is 0 Å². The number of hydroxylamine groups is 1. The van der Waals surface area contributed by atoms with Gasteiger partial charge in [0.25, 0.3) is 5.69 Å². The Bertz CT molecular complexity index is 876. The standard InChI is InChI=1S/C21H28N4O5/c1-14-18(9-10-22-30-12-11-24(3)4)20(19(15(2)23-14)21(26)29-5)16-7-6-8-17(13-16)25(27)28/h6-10,13,19-20,22H,11-12H2,1-5H3. The Labute approximate surface area is 176 Å². The van der Waals surface area contributed by atoms with Crippen LogP contribution in [0.3, 0.4) is 0 Å². The van der Waals surface area contributed by atoms with Gasteiger partial charge in [-0.05, 0) is 45.2 Å². The second kappa shape index (κ2) is 10.7. The van der Waals surface area contributed by atoms with Gasteiger partial charge in [-0.25, -0.2) is 0 Å². The minimum absolute atomic E-state index is 0.0394. The van der Waals surface area contributed by atoms with E-state index in [-0.39, 0.29) is 5.69 Å². The van der Waals surface area contributed by atoms with Crippen LogP contribution >= 0.6 is 0 Å². The lowest BCUT2D eigenvalue weighted by atomic mass is 9.75. The Kier molecular flexibility index (Phi) is 8.25. The lowest BCUT2D eigenvalue weighted by molar-refractivity contribution is -0.384. The number of nitro groups is 1. The van der Waals surface area contributed by atoms with Gasteiger partial charge >= 0.3 is 5.97 Å². The predicted molar refractivity (Wildman–Crippen MR) is 114 cm³/mol. The summed E-state index contributed by atoms with van der Waals surface area (Å²) in [7, 11) is 5.22. The summed E-state index contributed by atoms with van der Waals surface area (Å²) in [5, 5.41) is 11.3. The number of methoxy groups -OCH3 is 1. The van der Waals surface area contributed by atoms with Crippen LogP contribution in [0, 0.1) is 16.0 Å². The first-order valence-electron chi connectivity index (χ1n) is 9.53. The van der Waals surface area contributed by atoms with Crippen molar-refractivity contribution in [2.24, 2.45) is 10.9 Å². The maximum absolute atomic E-state index is 12.6. The molecule has 0 amide bonds. The van der Waals surface area contributed by atoms with E-state index in [0.29, 0.717) is 17.9 Å². The number of allylic oxidation sites excluding steroid dienone is 3. The van der Waals surface area contributed by atoms with Crippen LogP contribution in [-0.4, -0.2) is 55.9 Å². The summed E-state index contributed by atoms with van der Waals surface area (Å²) in [6, 6.07) is 6.30. The third-order valence-corrected chi connectivity index (χ3v) is 4.83. The van der Waals surface area contributed by atoms with Crippen molar-refractivity contribution in [3.05, 3.63) is 63.5 Å². The van der Waals surface area contributed by atoms with Crippen molar-refractivity contribution in [2.45, 2.75) is 19.8 Å². The number of aliphatic imine (C=N–C) groups is 1. The molecule has 1 N–H and O–H groups in total. The Balaban J connectivity index is 2.39. The van der Waals surface area contributed by atoms with Crippen LogP contribution in [0.4, 0.5) is 5.69 Å². The minimum Gasteiger partial charge on any atom is -0.468 e. The molecule has 1 aromatic rings. The lowest BCUT2D eigenvalue weighted by Gasteiger charge is -2.31. The normalized spacial score (nSPS) is 19.2. The molecule has 0 aliphatic carbocycles. The van der Waals surface area contributed by atoms with E-state index in [4.69, 9.17) is 9.57 Å². The van der Waals surface area contributed by atoms with Crippen LogP contribution in [0.25, 0.3) is 0 Å². The van der Waals surface area contributed by atoms with Crippen LogP contribution < -0.4 is 5.48 Å². The molecular weight excluding hydrogens is 388 g/mol. The third-order valence-electron chi connectivity index (χ3n) is 4.83. The summed E-state index contributed by atoms with van der Waals surface area (Å²) in [4.78, 5) is 35.3. The Morgan fingerprint density at radius 2 is 2.10 bits per heavy atom. The van der Waals surface area contributed by atoms with Crippen LogP contribution in [-0.2, 0) is 14.4 Å². The Hall–Kier alpha value is -3.04. The first kappa shape index (κ1) is 23.2. The van der Waals surface area contributed by atoms with Gasteiger partial charge in [0, 0.05) is 42.2 Å². The number of carbonyl (C=O) groups excluding carboxylic acids is 1. The van der Waals surface area contributed by atoms with E-state index in [1.807, 2.05) is 25.9 Å². The number of esters is 1. The highest BCUT2D eigenvalue weighted by molar-refractivity contribution is 6.03. The number of ether oxygens (including phenoxy) is 1. The van der Waals surface area contributed by atoms with Crippen LogP contribution in [0.1, 0.15) is 25.3 Å². The topological polar surface area (TPSA) is 106 Å². The largest absolute Gasteiger partial charge is 0.468 e. The van der Waals surface area contributed by atoms with Crippen molar-refractivity contribution >= 4 is 17.4 Å². The molecule has 0 fully saturated rings. The van der Waals surface area contributed by atoms with Gasteiger partial charge in [0.15, 0.2) is 0 Å². The average Bonchev–Trinajstić information content (AvgIpc) is 2.70. The summed E-state index contributed by atoms with van der Waals surface area (Å²) in [6.45, 7) is 4.85. The molecule has 162 valence electrons. The smallest absolute Gasteiger partial charge is 0.315 e. The van der Waals surface area contributed by atoms with Crippen molar-refractivity contribution < 1.29 is 19.3 Å². The summed E-state index contributed by atoms with van der Waals surface area (Å²) in [5.41, 5.74) is 5.43. The molecule has 0 spiro atoms. The predicted octanol–water partition coefficient (Wildman–Crippen LogP) is 2.81. The van der Waals surface area contributed by atoms with E-state index in [2.05, 4.69) is 10.5 Å². The van der Waals surface area contributed by atoms with Crippen molar-refractivity contribution in [1.82, 2.24) is 10.4 Å². The zero-order valence-electron chi connectivity index (χ0n) is 17.9. The number of nitro benzene ring substituents is 1. The van der Waals surface area contributed by atoms with E-state index >= 15 is 0 Å². The monoisotopic (exact) mass is 416 g/mol. The second-order valence-corrected chi connectivity index (χ2v) is 7.23. The third kappa shape index (κ3) is 5.74. The first-order valence-corrected chi connectivity index (χ1v) is 9.53. The number of non-ortho nitro benzene ring substituents is 1. The van der Waals surface area contributed by atoms with Gasteiger partial charge in [-0.15, -0.1) is 0 Å². The van der Waals surface area contributed by atoms with Crippen LogP contribution in [0.2, 0.25) is 0 Å². The molecule has 30 heavy (non-hydrogen) atoms. The van der Waals surface area contributed by atoms with E-state index in [1.165, 1.54) is 19.2 Å².